The Balaban J connectivity index is 1.42. The summed E-state index contributed by atoms with van der Waals surface area (Å²) in [6.07, 6.45) is 0.854. The lowest BCUT2D eigenvalue weighted by Gasteiger charge is -2.42. The van der Waals surface area contributed by atoms with E-state index in [1.165, 1.54) is 23.4 Å². The minimum atomic E-state index is -3.70. The zero-order valence-electron chi connectivity index (χ0n) is 18.6. The van der Waals surface area contributed by atoms with E-state index in [0.29, 0.717) is 35.9 Å². The van der Waals surface area contributed by atoms with Crippen molar-refractivity contribution in [1.29, 1.82) is 0 Å². The number of benzene rings is 2. The van der Waals surface area contributed by atoms with Crippen LogP contribution in [0.5, 0.6) is 0 Å². The number of carbonyl (C=O) groups excluding carboxylic acids is 1. The summed E-state index contributed by atoms with van der Waals surface area (Å²) in [5.41, 5.74) is 2.79. The van der Waals surface area contributed by atoms with E-state index < -0.39 is 10.0 Å². The normalized spacial score (nSPS) is 19.9. The molecule has 176 valence electrons. The number of carbonyl (C=O) groups is 1. The van der Waals surface area contributed by atoms with E-state index in [2.05, 4.69) is 5.32 Å². The summed E-state index contributed by atoms with van der Waals surface area (Å²) in [4.78, 5) is 24.7. The van der Waals surface area contributed by atoms with Gasteiger partial charge in [-0.15, -0.1) is 0 Å². The quantitative estimate of drug-likeness (QED) is 0.591. The number of nitrogens with zero attached hydrogens (tertiary/aromatic N) is 2. The fourth-order valence-corrected chi connectivity index (χ4v) is 6.70. The predicted molar refractivity (Wildman–Crippen MR) is 132 cm³/mol. The zero-order valence-corrected chi connectivity index (χ0v) is 20.1. The van der Waals surface area contributed by atoms with E-state index in [9.17, 15) is 18.0 Å². The van der Waals surface area contributed by atoms with Crippen molar-refractivity contribution in [3.8, 4) is 11.1 Å². The van der Waals surface area contributed by atoms with Gasteiger partial charge in [-0.05, 0) is 66.4 Å². The van der Waals surface area contributed by atoms with Gasteiger partial charge in [0.2, 0.25) is 15.9 Å². The molecule has 1 amide bonds. The molecule has 5 rings (SSSR count). The Labute approximate surface area is 203 Å². The fraction of sp³-hybridized carbons (Fsp3) is 0.280. The second kappa shape index (κ2) is 8.69. The molecule has 0 aliphatic carbocycles. The van der Waals surface area contributed by atoms with Crippen LogP contribution in [0.3, 0.4) is 0 Å². The highest BCUT2D eigenvalue weighted by Gasteiger charge is 2.39. The molecule has 0 spiro atoms. The standard InChI is InChI=1S/C25H24ClN3O4S/c1-16(30)27-21-6-8-22(9-7-21)34(32,33)28-13-17-12-19(15-28)24-11-10-23(25(31)29(24)14-17)18-2-4-20(26)5-3-18/h2-11,17,19H,12-15H2,1H3,(H,27,30)/t17-,19+/m0/s1. The van der Waals surface area contributed by atoms with Crippen molar-refractivity contribution in [2.45, 2.75) is 30.7 Å². The van der Waals surface area contributed by atoms with Crippen LogP contribution in [0.25, 0.3) is 11.1 Å². The highest BCUT2D eigenvalue weighted by molar-refractivity contribution is 7.89. The largest absolute Gasteiger partial charge is 0.326 e. The average molecular weight is 498 g/mol. The highest BCUT2D eigenvalue weighted by atomic mass is 35.5. The lowest BCUT2D eigenvalue weighted by molar-refractivity contribution is -0.114. The molecule has 1 saturated heterocycles. The summed E-state index contributed by atoms with van der Waals surface area (Å²) < 4.78 is 30.1. The first-order valence-electron chi connectivity index (χ1n) is 11.1. The van der Waals surface area contributed by atoms with Crippen LogP contribution in [0.1, 0.15) is 25.0 Å². The van der Waals surface area contributed by atoms with Crippen LogP contribution in [0.4, 0.5) is 5.69 Å². The number of rotatable bonds is 4. The number of aromatic nitrogens is 1. The van der Waals surface area contributed by atoms with Crippen LogP contribution < -0.4 is 10.9 Å². The summed E-state index contributed by atoms with van der Waals surface area (Å²) in [6, 6.07) is 17.2. The van der Waals surface area contributed by atoms with Gasteiger partial charge in [-0.25, -0.2) is 8.42 Å². The molecule has 2 bridgehead atoms. The third-order valence-corrected chi connectivity index (χ3v) is 8.64. The summed E-state index contributed by atoms with van der Waals surface area (Å²) in [5.74, 6) is -0.210. The lowest BCUT2D eigenvalue weighted by Crippen LogP contribution is -2.49. The van der Waals surface area contributed by atoms with E-state index in [1.807, 2.05) is 28.8 Å². The minimum Gasteiger partial charge on any atom is -0.326 e. The topological polar surface area (TPSA) is 88.5 Å². The number of pyridine rings is 1. The van der Waals surface area contributed by atoms with Crippen molar-refractivity contribution in [1.82, 2.24) is 8.87 Å². The van der Waals surface area contributed by atoms with E-state index in [1.54, 1.807) is 24.3 Å². The van der Waals surface area contributed by atoms with Gasteiger partial charge in [-0.3, -0.25) is 9.59 Å². The van der Waals surface area contributed by atoms with Crippen molar-refractivity contribution in [3.63, 3.8) is 0 Å². The molecular formula is C25H24ClN3O4S. The molecule has 2 atom stereocenters. The average Bonchev–Trinajstić information content (AvgIpc) is 2.80. The maximum Gasteiger partial charge on any atom is 0.258 e. The van der Waals surface area contributed by atoms with Crippen LogP contribution in [0.2, 0.25) is 5.02 Å². The van der Waals surface area contributed by atoms with Crippen molar-refractivity contribution in [2.24, 2.45) is 5.92 Å². The molecule has 3 heterocycles. The van der Waals surface area contributed by atoms with Crippen LogP contribution in [-0.4, -0.2) is 36.3 Å². The maximum atomic E-state index is 13.4. The van der Waals surface area contributed by atoms with E-state index in [-0.39, 0.29) is 28.2 Å². The van der Waals surface area contributed by atoms with Gasteiger partial charge in [-0.2, -0.15) is 4.31 Å². The summed E-state index contributed by atoms with van der Waals surface area (Å²) in [7, 11) is -3.70. The van der Waals surface area contributed by atoms with Crippen molar-refractivity contribution >= 4 is 33.2 Å². The number of sulfonamides is 1. The van der Waals surface area contributed by atoms with Gasteiger partial charge in [-0.1, -0.05) is 23.7 Å². The molecule has 1 aromatic heterocycles. The Morgan fingerprint density at radius 2 is 1.68 bits per heavy atom. The molecule has 2 aliphatic rings. The first kappa shape index (κ1) is 22.8. The Morgan fingerprint density at radius 1 is 0.971 bits per heavy atom. The number of nitrogens with one attached hydrogen (secondary N) is 1. The molecule has 0 unspecified atom stereocenters. The molecular weight excluding hydrogens is 474 g/mol. The van der Waals surface area contributed by atoms with Crippen molar-refractivity contribution in [2.75, 3.05) is 18.4 Å². The number of amides is 1. The van der Waals surface area contributed by atoms with Crippen LogP contribution >= 0.6 is 11.6 Å². The van der Waals surface area contributed by atoms with E-state index in [0.717, 1.165) is 17.7 Å². The maximum absolute atomic E-state index is 13.4. The molecule has 1 fully saturated rings. The van der Waals surface area contributed by atoms with Gasteiger partial charge in [0.05, 0.1) is 4.90 Å². The molecule has 2 aromatic carbocycles. The van der Waals surface area contributed by atoms with Gasteiger partial charge in [0, 0.05) is 54.4 Å². The first-order chi connectivity index (χ1) is 16.2. The molecule has 7 nitrogen and oxygen atoms in total. The molecule has 0 saturated carbocycles. The lowest BCUT2D eigenvalue weighted by atomic mass is 9.84. The Kier molecular flexibility index (Phi) is 5.83. The third kappa shape index (κ3) is 4.17. The summed E-state index contributed by atoms with van der Waals surface area (Å²) >= 11 is 5.99. The van der Waals surface area contributed by atoms with Crippen LogP contribution in [0.15, 0.2) is 70.4 Å². The SMILES string of the molecule is CC(=O)Nc1ccc(S(=O)(=O)N2C[C@@H]3C[C@H](C2)c2ccc(-c4ccc(Cl)cc4)c(=O)n2C3)cc1. The van der Waals surface area contributed by atoms with Gasteiger partial charge >= 0.3 is 0 Å². The second-order valence-corrected chi connectivity index (χ2v) is 11.3. The van der Waals surface area contributed by atoms with Crippen molar-refractivity contribution < 1.29 is 13.2 Å². The van der Waals surface area contributed by atoms with Crippen molar-refractivity contribution in [3.05, 3.63) is 81.7 Å². The Bertz CT molecular complexity index is 1420. The number of hydrogen-bond donors (Lipinski definition) is 1. The Morgan fingerprint density at radius 3 is 2.35 bits per heavy atom. The van der Waals surface area contributed by atoms with Gasteiger partial charge in [0.1, 0.15) is 0 Å². The number of halogens is 1. The molecule has 0 radical (unpaired) electrons. The van der Waals surface area contributed by atoms with Gasteiger partial charge < -0.3 is 9.88 Å². The molecule has 2 aliphatic heterocycles. The third-order valence-electron chi connectivity index (χ3n) is 6.54. The smallest absolute Gasteiger partial charge is 0.258 e. The number of anilines is 1. The minimum absolute atomic E-state index is 0.0482. The van der Waals surface area contributed by atoms with Crippen LogP contribution in [-0.2, 0) is 21.4 Å². The van der Waals surface area contributed by atoms with Gasteiger partial charge in [0.25, 0.3) is 5.56 Å². The van der Waals surface area contributed by atoms with E-state index in [4.69, 9.17) is 11.6 Å². The molecule has 34 heavy (non-hydrogen) atoms. The number of hydrogen-bond acceptors (Lipinski definition) is 4. The summed E-state index contributed by atoms with van der Waals surface area (Å²) in [6.45, 7) is 2.58. The predicted octanol–water partition coefficient (Wildman–Crippen LogP) is 3.94. The zero-order chi connectivity index (χ0) is 24.0. The Hall–Kier alpha value is -2.94. The first-order valence-corrected chi connectivity index (χ1v) is 12.9. The van der Waals surface area contributed by atoms with E-state index >= 15 is 0 Å². The monoisotopic (exact) mass is 497 g/mol. The van der Waals surface area contributed by atoms with Crippen LogP contribution in [0, 0.1) is 5.92 Å². The molecule has 9 heteroatoms. The molecule has 1 N–H and O–H groups in total. The summed E-state index contributed by atoms with van der Waals surface area (Å²) in [5, 5.41) is 3.26. The second-order valence-electron chi connectivity index (χ2n) is 8.92. The highest BCUT2D eigenvalue weighted by Crippen LogP contribution is 2.38. The number of fused-ring (bicyclic) bond motifs is 4. The fourth-order valence-electron chi connectivity index (χ4n) is 5.01. The number of piperidine rings is 1. The van der Waals surface area contributed by atoms with Gasteiger partial charge in [0.15, 0.2) is 0 Å². The molecule has 3 aromatic rings.